The summed E-state index contributed by atoms with van der Waals surface area (Å²) in [6.45, 7) is 12.3. The fraction of sp³-hybridized carbons (Fsp3) is 0.600. The van der Waals surface area contributed by atoms with Crippen LogP contribution >= 0.6 is 0 Å². The first-order valence-electron chi connectivity index (χ1n) is 11.9. The molecule has 2 unspecified atom stereocenters. The van der Waals surface area contributed by atoms with Crippen molar-refractivity contribution in [2.75, 3.05) is 33.3 Å². The van der Waals surface area contributed by atoms with E-state index in [0.717, 1.165) is 43.5 Å². The number of aromatic nitrogens is 2. The minimum atomic E-state index is 0.210. The number of ether oxygens (including phenoxy) is 1. The minimum Gasteiger partial charge on any atom is -0.496 e. The summed E-state index contributed by atoms with van der Waals surface area (Å²) in [5.74, 6) is 1.80. The van der Waals surface area contributed by atoms with Gasteiger partial charge < -0.3 is 15.4 Å². The molecule has 0 spiro atoms. The molecule has 0 saturated carbocycles. The lowest BCUT2D eigenvalue weighted by molar-refractivity contribution is 0.245. The molecule has 176 valence electrons. The van der Waals surface area contributed by atoms with Crippen molar-refractivity contribution < 1.29 is 4.74 Å². The van der Waals surface area contributed by atoms with Crippen molar-refractivity contribution in [3.8, 4) is 5.75 Å². The summed E-state index contributed by atoms with van der Waals surface area (Å²) >= 11 is 0. The minimum absolute atomic E-state index is 0.210. The van der Waals surface area contributed by atoms with Gasteiger partial charge in [0.15, 0.2) is 5.96 Å². The molecule has 0 radical (unpaired) electrons. The molecule has 1 aromatic heterocycles. The van der Waals surface area contributed by atoms with Gasteiger partial charge in [-0.3, -0.25) is 14.6 Å². The number of rotatable bonds is 9. The summed E-state index contributed by atoms with van der Waals surface area (Å²) in [5.41, 5.74) is 4.85. The summed E-state index contributed by atoms with van der Waals surface area (Å²) in [6.07, 6.45) is 3.40. The predicted octanol–water partition coefficient (Wildman–Crippen LogP) is 3.37. The van der Waals surface area contributed by atoms with E-state index in [1.165, 1.54) is 29.7 Å². The molecule has 1 aliphatic rings. The first-order valence-corrected chi connectivity index (χ1v) is 11.9. The third-order valence-corrected chi connectivity index (χ3v) is 6.40. The Morgan fingerprint density at radius 1 is 1.22 bits per heavy atom. The first-order chi connectivity index (χ1) is 15.4. The van der Waals surface area contributed by atoms with Crippen molar-refractivity contribution in [1.82, 2.24) is 25.3 Å². The number of nitrogens with one attached hydrogen (secondary N) is 2. The molecule has 3 rings (SSSR count). The van der Waals surface area contributed by atoms with Crippen molar-refractivity contribution in [2.45, 2.75) is 59.0 Å². The number of hydrogen-bond acceptors (Lipinski definition) is 4. The van der Waals surface area contributed by atoms with Crippen molar-refractivity contribution in [3.63, 3.8) is 0 Å². The SMILES string of the molecule is CCNC(=NCC(c1ccccc1OC)N1CCCC1)NC(C)Cc1c(C)nn(C)c1C. The van der Waals surface area contributed by atoms with Gasteiger partial charge in [-0.05, 0) is 71.7 Å². The Bertz CT molecular complexity index is 900. The molecule has 7 heteroatoms. The molecule has 1 aromatic carbocycles. The van der Waals surface area contributed by atoms with Gasteiger partial charge in [0.25, 0.3) is 0 Å². The molecule has 2 aromatic rings. The topological polar surface area (TPSA) is 66.7 Å². The molecule has 2 atom stereocenters. The maximum absolute atomic E-state index is 5.68. The summed E-state index contributed by atoms with van der Waals surface area (Å²) in [6, 6.07) is 8.80. The molecule has 1 saturated heterocycles. The average molecular weight is 441 g/mol. The molecule has 0 amide bonds. The Balaban J connectivity index is 1.76. The molecule has 1 fully saturated rings. The third-order valence-electron chi connectivity index (χ3n) is 6.40. The highest BCUT2D eigenvalue weighted by Gasteiger charge is 2.26. The van der Waals surface area contributed by atoms with Crippen LogP contribution in [0.4, 0.5) is 0 Å². The van der Waals surface area contributed by atoms with E-state index in [1.807, 2.05) is 23.9 Å². The number of aryl methyl sites for hydroxylation is 2. The van der Waals surface area contributed by atoms with Crippen molar-refractivity contribution in [3.05, 3.63) is 46.8 Å². The van der Waals surface area contributed by atoms with Gasteiger partial charge in [0.1, 0.15) is 5.75 Å². The van der Waals surface area contributed by atoms with Gasteiger partial charge in [0.2, 0.25) is 0 Å². The van der Waals surface area contributed by atoms with E-state index < -0.39 is 0 Å². The normalized spacial score (nSPS) is 16.8. The lowest BCUT2D eigenvalue weighted by atomic mass is 10.0. The molecule has 0 aliphatic carbocycles. The summed E-state index contributed by atoms with van der Waals surface area (Å²) in [5, 5.41) is 11.6. The van der Waals surface area contributed by atoms with Gasteiger partial charge in [-0.15, -0.1) is 0 Å². The molecule has 7 nitrogen and oxygen atoms in total. The van der Waals surface area contributed by atoms with Gasteiger partial charge in [-0.1, -0.05) is 18.2 Å². The number of hydrogen-bond donors (Lipinski definition) is 2. The fourth-order valence-corrected chi connectivity index (χ4v) is 4.61. The van der Waals surface area contributed by atoms with E-state index >= 15 is 0 Å². The zero-order valence-electron chi connectivity index (χ0n) is 20.6. The third kappa shape index (κ3) is 5.82. The second kappa shape index (κ2) is 11.4. The van der Waals surface area contributed by atoms with Crippen LogP contribution in [0.25, 0.3) is 0 Å². The highest BCUT2D eigenvalue weighted by Crippen LogP contribution is 2.31. The highest BCUT2D eigenvalue weighted by molar-refractivity contribution is 5.80. The predicted molar refractivity (Wildman–Crippen MR) is 132 cm³/mol. The van der Waals surface area contributed by atoms with Crippen molar-refractivity contribution >= 4 is 5.96 Å². The van der Waals surface area contributed by atoms with Gasteiger partial charge in [0.05, 0.1) is 25.4 Å². The summed E-state index contributed by atoms with van der Waals surface area (Å²) in [7, 11) is 3.75. The Kier molecular flexibility index (Phi) is 8.56. The van der Waals surface area contributed by atoms with Crippen LogP contribution in [0.15, 0.2) is 29.3 Å². The Morgan fingerprint density at radius 2 is 1.94 bits per heavy atom. The molecule has 1 aliphatic heterocycles. The lowest BCUT2D eigenvalue weighted by Gasteiger charge is -2.28. The van der Waals surface area contributed by atoms with Crippen molar-refractivity contribution in [2.24, 2.45) is 12.0 Å². The molecule has 0 bridgehead atoms. The van der Waals surface area contributed by atoms with Crippen molar-refractivity contribution in [1.29, 1.82) is 0 Å². The number of benzene rings is 1. The van der Waals surface area contributed by atoms with Crippen LogP contribution in [0, 0.1) is 13.8 Å². The molecule has 32 heavy (non-hydrogen) atoms. The number of likely N-dealkylation sites (tertiary alicyclic amines) is 1. The summed E-state index contributed by atoms with van der Waals surface area (Å²) < 4.78 is 7.64. The van der Waals surface area contributed by atoms with E-state index in [-0.39, 0.29) is 12.1 Å². The number of aliphatic imine (C=N–C) groups is 1. The van der Waals surface area contributed by atoms with Crippen LogP contribution in [-0.2, 0) is 13.5 Å². The fourth-order valence-electron chi connectivity index (χ4n) is 4.61. The maximum atomic E-state index is 5.68. The zero-order chi connectivity index (χ0) is 23.1. The van der Waals surface area contributed by atoms with Crippen LogP contribution in [0.2, 0.25) is 0 Å². The van der Waals surface area contributed by atoms with Crippen LogP contribution in [0.1, 0.15) is 55.2 Å². The van der Waals surface area contributed by atoms with E-state index in [4.69, 9.17) is 9.73 Å². The zero-order valence-corrected chi connectivity index (χ0v) is 20.6. The van der Waals surface area contributed by atoms with Gasteiger partial charge in [-0.25, -0.2) is 0 Å². The Morgan fingerprint density at radius 3 is 2.56 bits per heavy atom. The van der Waals surface area contributed by atoms with Gasteiger partial charge >= 0.3 is 0 Å². The smallest absolute Gasteiger partial charge is 0.191 e. The van der Waals surface area contributed by atoms with Gasteiger partial charge in [0, 0.05) is 30.9 Å². The average Bonchev–Trinajstić information content (AvgIpc) is 3.39. The summed E-state index contributed by atoms with van der Waals surface area (Å²) in [4.78, 5) is 7.56. The van der Waals surface area contributed by atoms with Gasteiger partial charge in [-0.2, -0.15) is 5.10 Å². The quantitative estimate of drug-likeness (QED) is 0.462. The molecule has 2 N–H and O–H groups in total. The Hall–Kier alpha value is -2.54. The van der Waals surface area contributed by atoms with Crippen LogP contribution in [0.3, 0.4) is 0 Å². The van der Waals surface area contributed by atoms with E-state index in [9.17, 15) is 0 Å². The number of nitrogens with zero attached hydrogens (tertiary/aromatic N) is 4. The lowest BCUT2D eigenvalue weighted by Crippen LogP contribution is -2.43. The van der Waals surface area contributed by atoms with E-state index in [2.05, 4.69) is 60.5 Å². The first kappa shape index (κ1) is 24.1. The van der Waals surface area contributed by atoms with Crippen LogP contribution in [-0.4, -0.2) is 60.0 Å². The largest absolute Gasteiger partial charge is 0.496 e. The molecule has 2 heterocycles. The number of para-hydroxylation sites is 1. The Labute approximate surface area is 193 Å². The molecular formula is C25H40N6O. The second-order valence-electron chi connectivity index (χ2n) is 8.74. The monoisotopic (exact) mass is 440 g/mol. The van der Waals surface area contributed by atoms with Crippen LogP contribution < -0.4 is 15.4 Å². The van der Waals surface area contributed by atoms with E-state index in [1.54, 1.807) is 7.11 Å². The van der Waals surface area contributed by atoms with E-state index in [0.29, 0.717) is 6.54 Å². The maximum Gasteiger partial charge on any atom is 0.191 e. The number of guanidine groups is 1. The second-order valence-corrected chi connectivity index (χ2v) is 8.74. The highest BCUT2D eigenvalue weighted by atomic mass is 16.5. The molecular weight excluding hydrogens is 400 g/mol. The standard InChI is InChI=1S/C25H40N6O/c1-7-26-25(28-18(2)16-22-19(3)29-30(5)20(22)4)27-17-23(31-14-10-11-15-31)21-12-8-9-13-24(21)32-6/h8-9,12-13,18,23H,7,10-11,14-17H2,1-6H3,(H2,26,27,28). The number of methoxy groups -OCH3 is 1. The van der Waals surface area contributed by atoms with Crippen LogP contribution in [0.5, 0.6) is 5.75 Å².